The van der Waals surface area contributed by atoms with Crippen LogP contribution >= 0.6 is 31.9 Å². The lowest BCUT2D eigenvalue weighted by Gasteiger charge is -2.08. The molecule has 0 aliphatic heterocycles. The molecule has 0 aromatic heterocycles. The van der Waals surface area contributed by atoms with Gasteiger partial charge in [0.25, 0.3) is 5.91 Å². The lowest BCUT2D eigenvalue weighted by Crippen LogP contribution is -2.12. The van der Waals surface area contributed by atoms with E-state index >= 15 is 0 Å². The molecule has 0 spiro atoms. The smallest absolute Gasteiger partial charge is 0.256 e. The van der Waals surface area contributed by atoms with Crippen LogP contribution in [0.1, 0.15) is 15.9 Å². The summed E-state index contributed by atoms with van der Waals surface area (Å²) >= 11 is 6.64. The highest BCUT2D eigenvalue weighted by Crippen LogP contribution is 2.23. The zero-order chi connectivity index (χ0) is 14.0. The molecule has 2 aromatic carbocycles. The monoisotopic (exact) mass is 385 g/mol. The van der Waals surface area contributed by atoms with Crippen LogP contribution in [-0.4, -0.2) is 5.91 Å². The molecule has 2 aromatic rings. The van der Waals surface area contributed by atoms with E-state index in [0.717, 1.165) is 4.47 Å². The third kappa shape index (κ3) is 3.42. The molecule has 19 heavy (non-hydrogen) atoms. The van der Waals surface area contributed by atoms with Crippen LogP contribution in [0.5, 0.6) is 0 Å². The predicted octanol–water partition coefficient (Wildman–Crippen LogP) is 4.91. The predicted molar refractivity (Wildman–Crippen MR) is 80.9 cm³/mol. The van der Waals surface area contributed by atoms with Crippen LogP contribution in [0, 0.1) is 12.7 Å². The van der Waals surface area contributed by atoms with Crippen molar-refractivity contribution in [3.63, 3.8) is 0 Å². The number of carbonyl (C=O) groups is 1. The Morgan fingerprint density at radius 2 is 1.89 bits per heavy atom. The van der Waals surface area contributed by atoms with Gasteiger partial charge in [-0.2, -0.15) is 0 Å². The Bertz CT molecular complexity index is 643. The molecule has 98 valence electrons. The number of aryl methyl sites for hydroxylation is 1. The van der Waals surface area contributed by atoms with Crippen LogP contribution < -0.4 is 5.32 Å². The van der Waals surface area contributed by atoms with Gasteiger partial charge in [0.05, 0.1) is 5.56 Å². The van der Waals surface area contributed by atoms with Crippen molar-refractivity contribution in [1.29, 1.82) is 0 Å². The lowest BCUT2D eigenvalue weighted by atomic mass is 10.2. The maximum atomic E-state index is 13.4. The molecule has 2 rings (SSSR count). The van der Waals surface area contributed by atoms with Gasteiger partial charge in [-0.25, -0.2) is 4.39 Å². The third-order valence-corrected chi connectivity index (χ3v) is 3.75. The van der Waals surface area contributed by atoms with Gasteiger partial charge in [0, 0.05) is 14.6 Å². The number of halogens is 3. The van der Waals surface area contributed by atoms with Gasteiger partial charge >= 0.3 is 0 Å². The molecule has 2 nitrogen and oxygen atoms in total. The van der Waals surface area contributed by atoms with E-state index in [1.54, 1.807) is 37.3 Å². The summed E-state index contributed by atoms with van der Waals surface area (Å²) in [6.45, 7) is 1.67. The van der Waals surface area contributed by atoms with Crippen LogP contribution in [0.3, 0.4) is 0 Å². The Balaban J connectivity index is 2.23. The molecular formula is C14H10Br2FNO. The van der Waals surface area contributed by atoms with Crippen LogP contribution in [0.4, 0.5) is 10.1 Å². The largest absolute Gasteiger partial charge is 0.322 e. The van der Waals surface area contributed by atoms with Gasteiger partial charge in [-0.05, 0) is 58.7 Å². The molecule has 0 heterocycles. The summed E-state index contributed by atoms with van der Waals surface area (Å²) in [6.07, 6.45) is 0. The molecule has 0 saturated carbocycles. The van der Waals surface area contributed by atoms with E-state index in [9.17, 15) is 9.18 Å². The first kappa shape index (κ1) is 14.2. The highest BCUT2D eigenvalue weighted by molar-refractivity contribution is 9.11. The molecule has 5 heteroatoms. The molecule has 1 amide bonds. The summed E-state index contributed by atoms with van der Waals surface area (Å²) in [5.41, 5.74) is 1.47. The molecule has 0 saturated heterocycles. The second-order valence-electron chi connectivity index (χ2n) is 4.04. The minimum absolute atomic E-state index is 0.289. The first-order valence-corrected chi connectivity index (χ1v) is 7.08. The SMILES string of the molecule is Cc1ccc(NC(=O)c2ccc(Br)cc2Br)cc1F. The summed E-state index contributed by atoms with van der Waals surface area (Å²) in [5, 5.41) is 2.66. The molecule has 1 N–H and O–H groups in total. The van der Waals surface area contributed by atoms with E-state index in [4.69, 9.17) is 0 Å². The highest BCUT2D eigenvalue weighted by atomic mass is 79.9. The fraction of sp³-hybridized carbons (Fsp3) is 0.0714. The average Bonchev–Trinajstić information content (AvgIpc) is 2.33. The van der Waals surface area contributed by atoms with E-state index in [1.807, 2.05) is 0 Å². The van der Waals surface area contributed by atoms with Crippen LogP contribution in [0.25, 0.3) is 0 Å². The van der Waals surface area contributed by atoms with Gasteiger partial charge in [0.15, 0.2) is 0 Å². The summed E-state index contributed by atoms with van der Waals surface area (Å²) in [6, 6.07) is 9.85. The van der Waals surface area contributed by atoms with Crippen molar-refractivity contribution < 1.29 is 9.18 Å². The zero-order valence-corrected chi connectivity index (χ0v) is 13.2. The first-order chi connectivity index (χ1) is 8.97. The van der Waals surface area contributed by atoms with Crippen molar-refractivity contribution in [2.75, 3.05) is 5.32 Å². The van der Waals surface area contributed by atoms with E-state index in [0.29, 0.717) is 21.3 Å². The van der Waals surface area contributed by atoms with E-state index in [2.05, 4.69) is 37.2 Å². The molecule has 0 unspecified atom stereocenters. The van der Waals surface area contributed by atoms with E-state index < -0.39 is 0 Å². The number of carbonyl (C=O) groups excluding carboxylic acids is 1. The number of hydrogen-bond donors (Lipinski definition) is 1. The van der Waals surface area contributed by atoms with E-state index in [1.165, 1.54) is 6.07 Å². The Labute approximate surface area is 127 Å². The Kier molecular flexibility index (Phi) is 4.37. The number of nitrogens with one attached hydrogen (secondary N) is 1. The van der Waals surface area contributed by atoms with Gasteiger partial charge in [-0.15, -0.1) is 0 Å². The van der Waals surface area contributed by atoms with E-state index in [-0.39, 0.29) is 11.7 Å². The van der Waals surface area contributed by atoms with Gasteiger partial charge < -0.3 is 5.32 Å². The Hall–Kier alpha value is -1.20. The fourth-order valence-electron chi connectivity index (χ4n) is 1.54. The maximum absolute atomic E-state index is 13.4. The van der Waals surface area contributed by atoms with Crippen molar-refractivity contribution in [3.05, 3.63) is 62.3 Å². The summed E-state index contributed by atoms with van der Waals surface area (Å²) < 4.78 is 14.9. The quantitative estimate of drug-likeness (QED) is 0.780. The topological polar surface area (TPSA) is 29.1 Å². The van der Waals surface area contributed by atoms with Gasteiger partial charge in [-0.1, -0.05) is 22.0 Å². The minimum atomic E-state index is -0.340. The van der Waals surface area contributed by atoms with Crippen molar-refractivity contribution in [2.24, 2.45) is 0 Å². The average molecular weight is 387 g/mol. The van der Waals surface area contributed by atoms with Crippen molar-refractivity contribution in [2.45, 2.75) is 6.92 Å². The van der Waals surface area contributed by atoms with Crippen molar-refractivity contribution in [1.82, 2.24) is 0 Å². The number of anilines is 1. The molecule has 0 bridgehead atoms. The number of amides is 1. The molecule has 0 atom stereocenters. The Morgan fingerprint density at radius 3 is 2.53 bits per heavy atom. The third-order valence-electron chi connectivity index (χ3n) is 2.61. The second-order valence-corrected chi connectivity index (χ2v) is 5.81. The second kappa shape index (κ2) is 5.84. The molecule has 0 aliphatic carbocycles. The molecule has 0 radical (unpaired) electrons. The van der Waals surface area contributed by atoms with Gasteiger partial charge in [0.2, 0.25) is 0 Å². The van der Waals surface area contributed by atoms with Crippen molar-refractivity contribution in [3.8, 4) is 0 Å². The fourth-order valence-corrected chi connectivity index (χ4v) is 2.77. The molecule has 0 aliphatic rings. The van der Waals surface area contributed by atoms with Gasteiger partial charge in [-0.3, -0.25) is 4.79 Å². The highest BCUT2D eigenvalue weighted by Gasteiger charge is 2.11. The van der Waals surface area contributed by atoms with Crippen LogP contribution in [0.2, 0.25) is 0 Å². The lowest BCUT2D eigenvalue weighted by molar-refractivity contribution is 0.102. The minimum Gasteiger partial charge on any atom is -0.322 e. The molecule has 0 fully saturated rings. The number of rotatable bonds is 2. The first-order valence-electron chi connectivity index (χ1n) is 5.50. The maximum Gasteiger partial charge on any atom is 0.256 e. The summed E-state index contributed by atoms with van der Waals surface area (Å²) in [5.74, 6) is -0.629. The zero-order valence-electron chi connectivity index (χ0n) is 10.0. The van der Waals surface area contributed by atoms with Crippen LogP contribution in [0.15, 0.2) is 45.3 Å². The number of hydrogen-bond acceptors (Lipinski definition) is 1. The number of benzene rings is 2. The summed E-state index contributed by atoms with van der Waals surface area (Å²) in [7, 11) is 0. The van der Waals surface area contributed by atoms with Gasteiger partial charge in [0.1, 0.15) is 5.82 Å². The van der Waals surface area contributed by atoms with Crippen molar-refractivity contribution >= 4 is 43.5 Å². The molecular weight excluding hydrogens is 377 g/mol. The Morgan fingerprint density at radius 1 is 1.16 bits per heavy atom. The van der Waals surface area contributed by atoms with Crippen LogP contribution in [-0.2, 0) is 0 Å². The standard InChI is InChI=1S/C14H10Br2FNO/c1-8-2-4-10(7-13(8)17)18-14(19)11-5-3-9(15)6-12(11)16/h2-7H,1H3,(H,18,19). The summed E-state index contributed by atoms with van der Waals surface area (Å²) in [4.78, 5) is 12.1. The normalized spacial score (nSPS) is 10.3.